The lowest BCUT2D eigenvalue weighted by Gasteiger charge is -2.29. The minimum Gasteiger partial charge on any atom is -0.394 e. The lowest BCUT2D eigenvalue weighted by Crippen LogP contribution is -2.45. The summed E-state index contributed by atoms with van der Waals surface area (Å²) in [5.74, 6) is -8.55. The molecule has 0 spiro atoms. The molecule has 0 fully saturated rings. The van der Waals surface area contributed by atoms with E-state index >= 15 is 4.79 Å². The van der Waals surface area contributed by atoms with Crippen molar-refractivity contribution >= 4 is 274 Å². The molecule has 0 bridgehead atoms. The van der Waals surface area contributed by atoms with E-state index in [1.807, 2.05) is 0 Å². The SMILES string of the molecule is CN(CC(O)CO)C(=O)c1c(I)c(NC(=O)C(O)CO)c(I)c(C(=O)NCCCN(CC(O)CNC(=O)c2c(I)c(NC(=O)C(O)CO)c(I)c(C(=O)N(C)CC(O)CO)c2I)C(=O)c2c(I)c(NC(=O)C(O)CO)c(I)c(C(=O)N(C)CC(O)CO)c2I)c1I. The van der Waals surface area contributed by atoms with E-state index in [2.05, 4.69) is 26.6 Å². The third-order valence-corrected chi connectivity index (χ3v) is 22.4. The number of hydrogen-bond donors (Lipinski definition) is 18. The molecule has 0 aromatic heterocycles. The fourth-order valence-corrected chi connectivity index (χ4v) is 21.0. The van der Waals surface area contributed by atoms with Gasteiger partial charge in [0.1, 0.15) is 0 Å². The smallest absolute Gasteiger partial charge is 0.256 e. The van der Waals surface area contributed by atoms with Crippen molar-refractivity contribution < 1.29 is 110 Å². The fourth-order valence-electron chi connectivity index (χ4n) is 7.89. The number of carbonyl (C=O) groups excluding carboxylic acids is 9. The Morgan fingerprint density at radius 2 is 0.637 bits per heavy atom. The van der Waals surface area contributed by atoms with Crippen molar-refractivity contribution in [3.8, 4) is 0 Å². The van der Waals surface area contributed by atoms with Crippen molar-refractivity contribution in [1.82, 2.24) is 30.2 Å². The van der Waals surface area contributed by atoms with Crippen LogP contribution in [0.25, 0.3) is 0 Å². The average Bonchev–Trinajstić information content (AvgIpc) is 0.802. The summed E-state index contributed by atoms with van der Waals surface area (Å²) in [5.41, 5.74) is -1.73. The molecule has 18 N–H and O–H groups in total. The zero-order chi connectivity index (χ0) is 69.4. The standard InChI is InChI=1S/C51H62I9N9O22/c1-66(8-19(77)12-70)48(88)27-31(52)25(34(55)40(36(27)57)63-43(83)22(80)15-73)46(86)61-5-4-6-69(51(91)30-33(54)29(50(90)68(3)10-21(79)14-72)38(59)42(39(30)60)65-45(85)24(82)17-75)11-18(76)7-62-47(87)26-32(53)28(49(89)67(2)9-20(78)13-71)37(58)41(35(26)56)64-44(84)23(81)16-74/h18-24,70-82H,4-17H2,1-3H3,(H,61,86)(H,62,87)(H,63,83)(H,64,84)(H,65,85). The van der Waals surface area contributed by atoms with Crippen molar-refractivity contribution in [2.75, 3.05) is 123 Å². The maximum Gasteiger partial charge on any atom is 0.256 e. The van der Waals surface area contributed by atoms with Gasteiger partial charge in [0.25, 0.3) is 53.2 Å². The number of amides is 9. The van der Waals surface area contributed by atoms with Gasteiger partial charge >= 0.3 is 0 Å². The maximum atomic E-state index is 15.4. The predicted octanol–water partition coefficient (Wildman–Crippen LogP) is -1.67. The summed E-state index contributed by atoms with van der Waals surface area (Å²) in [7, 11) is 3.88. The van der Waals surface area contributed by atoms with E-state index in [1.54, 1.807) is 203 Å². The maximum absolute atomic E-state index is 15.4. The summed E-state index contributed by atoms with van der Waals surface area (Å²) in [6.07, 6.45) is -11.9. The molecule has 0 aliphatic carbocycles. The van der Waals surface area contributed by atoms with Crippen LogP contribution in [0.4, 0.5) is 17.1 Å². The first kappa shape index (κ1) is 84.2. The third-order valence-electron chi connectivity index (χ3n) is 12.7. The number of aliphatic hydroxyl groups excluding tert-OH is 13. The number of anilines is 3. The largest absolute Gasteiger partial charge is 0.394 e. The van der Waals surface area contributed by atoms with E-state index in [0.29, 0.717) is 0 Å². The first-order valence-corrected chi connectivity index (χ1v) is 35.8. The van der Waals surface area contributed by atoms with Crippen molar-refractivity contribution in [3.63, 3.8) is 0 Å². The van der Waals surface area contributed by atoms with Gasteiger partial charge < -0.3 is 113 Å². The number of benzene rings is 3. The van der Waals surface area contributed by atoms with E-state index in [0.717, 1.165) is 19.6 Å². The molecule has 0 radical (unpaired) electrons. The van der Waals surface area contributed by atoms with Crippen molar-refractivity contribution in [3.05, 3.63) is 65.5 Å². The molecule has 7 unspecified atom stereocenters. The first-order valence-electron chi connectivity index (χ1n) is 26.1. The second-order valence-corrected chi connectivity index (χ2v) is 29.3. The van der Waals surface area contributed by atoms with Crippen molar-refractivity contribution in [1.29, 1.82) is 0 Å². The summed E-state index contributed by atoms with van der Waals surface area (Å²) >= 11 is 15.5. The molecule has 91 heavy (non-hydrogen) atoms. The van der Waals surface area contributed by atoms with Gasteiger partial charge in [0, 0.05) is 77.7 Å². The molecule has 31 nitrogen and oxygen atoms in total. The van der Waals surface area contributed by atoms with Crippen molar-refractivity contribution in [2.24, 2.45) is 0 Å². The van der Waals surface area contributed by atoms with Gasteiger partial charge in [-0.05, 0) is 210 Å². The molecule has 7 atom stereocenters. The highest BCUT2D eigenvalue weighted by atomic mass is 127. The molecule has 3 aromatic carbocycles. The first-order chi connectivity index (χ1) is 42.5. The molecular formula is C51H62I9N9O22. The molecule has 9 amide bonds. The van der Waals surface area contributed by atoms with Gasteiger partial charge in [0.05, 0.1) is 136 Å². The Hall–Kier alpha value is -1.06. The summed E-state index contributed by atoms with van der Waals surface area (Å²) in [5, 5.41) is 143. The predicted molar refractivity (Wildman–Crippen MR) is 400 cm³/mol. The van der Waals surface area contributed by atoms with Gasteiger partial charge in [0.15, 0.2) is 18.3 Å². The highest BCUT2D eigenvalue weighted by molar-refractivity contribution is 14.1. The number of nitrogens with one attached hydrogen (secondary N) is 5. The Morgan fingerprint density at radius 3 is 0.934 bits per heavy atom. The Bertz CT molecular complexity index is 3230. The topological polar surface area (TPSA) is 490 Å². The number of aliphatic hydroxyl groups is 13. The van der Waals surface area contributed by atoms with E-state index in [-0.39, 0.29) is 115 Å². The molecule has 0 heterocycles. The van der Waals surface area contributed by atoms with Gasteiger partial charge in [0.2, 0.25) is 0 Å². The number of halogens is 9. The molecule has 40 heteroatoms. The van der Waals surface area contributed by atoms with Crippen LogP contribution in [-0.4, -0.2) is 288 Å². The Balaban J connectivity index is 2.29. The van der Waals surface area contributed by atoms with Crippen LogP contribution in [0.2, 0.25) is 0 Å². The summed E-state index contributed by atoms with van der Waals surface area (Å²) in [6.45, 7) is -8.41. The van der Waals surface area contributed by atoms with Crippen LogP contribution >= 0.6 is 203 Å². The Kier molecular flexibility index (Phi) is 36.5. The average molecular weight is 2300 g/mol. The van der Waals surface area contributed by atoms with E-state index in [1.165, 1.54) is 21.1 Å². The van der Waals surface area contributed by atoms with Gasteiger partial charge in [-0.15, -0.1) is 0 Å². The molecule has 0 aliphatic heterocycles. The van der Waals surface area contributed by atoms with Crippen LogP contribution in [0.3, 0.4) is 0 Å². The van der Waals surface area contributed by atoms with Crippen LogP contribution in [0.15, 0.2) is 0 Å². The molecule has 3 aromatic rings. The van der Waals surface area contributed by atoms with Crippen LogP contribution in [-0.2, 0) is 14.4 Å². The number of nitrogens with zero attached hydrogens (tertiary/aromatic N) is 4. The minimum absolute atomic E-state index is 0.00320. The monoisotopic (exact) mass is 2290 g/mol. The van der Waals surface area contributed by atoms with Gasteiger partial charge in [-0.1, -0.05) is 0 Å². The number of rotatable bonds is 32. The minimum atomic E-state index is -1.99. The molecular weight excluding hydrogens is 2230 g/mol. The summed E-state index contributed by atoms with van der Waals surface area (Å²) < 4.78 is 0.187. The van der Waals surface area contributed by atoms with Crippen LogP contribution in [0, 0.1) is 32.1 Å². The molecule has 0 saturated carbocycles. The van der Waals surface area contributed by atoms with Gasteiger partial charge in [-0.3, -0.25) is 43.2 Å². The summed E-state index contributed by atoms with van der Waals surface area (Å²) in [4.78, 5) is 130. The number of hydrogen-bond acceptors (Lipinski definition) is 22. The lowest BCUT2D eigenvalue weighted by molar-refractivity contribution is -0.126. The van der Waals surface area contributed by atoms with Crippen LogP contribution in [0.5, 0.6) is 0 Å². The number of carbonyl (C=O) groups is 9. The normalized spacial score (nSPS) is 13.6. The molecule has 3 rings (SSSR count). The molecule has 0 aliphatic rings. The van der Waals surface area contributed by atoms with Gasteiger partial charge in [-0.25, -0.2) is 0 Å². The van der Waals surface area contributed by atoms with Crippen molar-refractivity contribution in [2.45, 2.75) is 49.1 Å². The number of likely N-dealkylation sites (N-methyl/N-ethyl adjacent to an activating group) is 3. The van der Waals surface area contributed by atoms with E-state index in [9.17, 15) is 105 Å². The molecule has 506 valence electrons. The second kappa shape index (κ2) is 39.5. The zero-order valence-electron chi connectivity index (χ0n) is 47.6. The Morgan fingerprint density at radius 1 is 0.363 bits per heavy atom. The lowest BCUT2D eigenvalue weighted by atomic mass is 10.1. The highest BCUT2D eigenvalue weighted by Gasteiger charge is 2.37. The highest BCUT2D eigenvalue weighted by Crippen LogP contribution is 2.40. The van der Waals surface area contributed by atoms with E-state index < -0.39 is 155 Å². The zero-order valence-corrected chi connectivity index (χ0v) is 67.0. The second-order valence-electron chi connectivity index (χ2n) is 19.6. The van der Waals surface area contributed by atoms with Crippen LogP contribution in [0.1, 0.15) is 68.6 Å². The van der Waals surface area contributed by atoms with Crippen LogP contribution < -0.4 is 26.6 Å². The van der Waals surface area contributed by atoms with E-state index in [4.69, 9.17) is 0 Å². The fraction of sp³-hybridized carbons (Fsp3) is 0.471. The quantitative estimate of drug-likeness (QED) is 0.0245. The Labute approximate surface area is 642 Å². The molecule has 0 saturated heterocycles. The van der Waals surface area contributed by atoms with Gasteiger partial charge in [-0.2, -0.15) is 0 Å². The third kappa shape index (κ3) is 22.0. The summed E-state index contributed by atoms with van der Waals surface area (Å²) in [6, 6.07) is 0.